The number of carbonyl (C=O) groups is 1. The summed E-state index contributed by atoms with van der Waals surface area (Å²) >= 11 is 0. The molecule has 1 aliphatic carbocycles. The maximum absolute atomic E-state index is 11.7. The number of ether oxygens (including phenoxy) is 1. The number of hydrogen-bond donors (Lipinski definition) is 0. The van der Waals surface area contributed by atoms with Gasteiger partial charge in [0, 0.05) is 6.42 Å². The third-order valence-corrected chi connectivity index (χ3v) is 5.96. The van der Waals surface area contributed by atoms with Gasteiger partial charge in [-0.2, -0.15) is 0 Å². The molecule has 0 spiro atoms. The van der Waals surface area contributed by atoms with Gasteiger partial charge >= 0.3 is 5.97 Å². The molecule has 0 atom stereocenters. The first-order valence-corrected chi connectivity index (χ1v) is 10.6. The molecule has 0 heterocycles. The summed E-state index contributed by atoms with van der Waals surface area (Å²) in [7, 11) is 0. The molecule has 2 nitrogen and oxygen atoms in total. The highest BCUT2D eigenvalue weighted by Crippen LogP contribution is 2.37. The van der Waals surface area contributed by atoms with E-state index in [1.54, 1.807) is 0 Å². The van der Waals surface area contributed by atoms with E-state index in [1.807, 2.05) is 24.3 Å². The molecule has 2 aromatic carbocycles. The molecule has 0 bridgehead atoms. The fourth-order valence-electron chi connectivity index (χ4n) is 4.07. The fraction of sp³-hybridized carbons (Fsp3) is 0.480. The maximum Gasteiger partial charge on any atom is 0.311 e. The molecule has 144 valence electrons. The van der Waals surface area contributed by atoms with Gasteiger partial charge in [0.1, 0.15) is 5.75 Å². The molecule has 0 aliphatic heterocycles. The molecule has 0 N–H and O–H groups in total. The monoisotopic (exact) mass is 364 g/mol. The van der Waals surface area contributed by atoms with Crippen LogP contribution in [0, 0.1) is 5.92 Å². The van der Waals surface area contributed by atoms with Gasteiger partial charge in [-0.15, -0.1) is 0 Å². The van der Waals surface area contributed by atoms with Gasteiger partial charge in [0.25, 0.3) is 0 Å². The van der Waals surface area contributed by atoms with Crippen molar-refractivity contribution in [2.45, 2.75) is 71.1 Å². The Kier molecular flexibility index (Phi) is 7.09. The minimum Gasteiger partial charge on any atom is -0.427 e. The minimum absolute atomic E-state index is 0.147. The van der Waals surface area contributed by atoms with Gasteiger partial charge in [-0.05, 0) is 72.8 Å². The normalized spacial score (nSPS) is 19.6. The van der Waals surface area contributed by atoms with Crippen LogP contribution in [0.1, 0.15) is 76.7 Å². The molecule has 1 saturated carbocycles. The molecule has 0 aromatic heterocycles. The standard InChI is InChI=1S/C25H32O2/c1-3-5-6-25(26)27-24-17-15-23(16-18-24)22-13-11-21(12-14-22)20-9-7-19(4-2)8-10-20/h11-20H,3-10H2,1-2H3. The van der Waals surface area contributed by atoms with Crippen molar-refractivity contribution in [2.24, 2.45) is 5.92 Å². The molecule has 2 aromatic rings. The minimum atomic E-state index is -0.147. The number of benzene rings is 2. The van der Waals surface area contributed by atoms with Gasteiger partial charge < -0.3 is 4.74 Å². The van der Waals surface area contributed by atoms with Crippen molar-refractivity contribution in [3.8, 4) is 16.9 Å². The van der Waals surface area contributed by atoms with E-state index in [9.17, 15) is 4.79 Å². The quantitative estimate of drug-likeness (QED) is 0.386. The zero-order valence-electron chi connectivity index (χ0n) is 16.7. The number of hydrogen-bond acceptors (Lipinski definition) is 2. The highest BCUT2D eigenvalue weighted by Gasteiger charge is 2.21. The van der Waals surface area contributed by atoms with Gasteiger partial charge in [-0.25, -0.2) is 0 Å². The molecule has 2 heteroatoms. The molecule has 27 heavy (non-hydrogen) atoms. The Hall–Kier alpha value is -2.09. The summed E-state index contributed by atoms with van der Waals surface area (Å²) in [5.41, 5.74) is 3.85. The smallest absolute Gasteiger partial charge is 0.311 e. The molecule has 0 unspecified atom stereocenters. The lowest BCUT2D eigenvalue weighted by molar-refractivity contribution is -0.134. The molecular formula is C25H32O2. The van der Waals surface area contributed by atoms with E-state index in [-0.39, 0.29) is 5.97 Å². The summed E-state index contributed by atoms with van der Waals surface area (Å²) in [5.74, 6) is 2.15. The van der Waals surface area contributed by atoms with Crippen LogP contribution in [-0.2, 0) is 4.79 Å². The molecule has 1 fully saturated rings. The Morgan fingerprint density at radius 3 is 2.04 bits per heavy atom. The Balaban J connectivity index is 1.59. The molecule has 1 aliphatic rings. The Bertz CT molecular complexity index is 707. The van der Waals surface area contributed by atoms with Crippen LogP contribution in [0.15, 0.2) is 48.5 Å². The van der Waals surface area contributed by atoms with Crippen LogP contribution in [0.25, 0.3) is 11.1 Å². The number of unbranched alkanes of at least 4 members (excludes halogenated alkanes) is 1. The van der Waals surface area contributed by atoms with Crippen LogP contribution < -0.4 is 4.74 Å². The SMILES string of the molecule is CCCCC(=O)Oc1ccc(-c2ccc(C3CCC(CC)CC3)cc2)cc1. The first-order chi connectivity index (χ1) is 13.2. The second-order valence-corrected chi connectivity index (χ2v) is 7.85. The highest BCUT2D eigenvalue weighted by molar-refractivity contribution is 5.73. The Labute approximate surface area is 164 Å². The second-order valence-electron chi connectivity index (χ2n) is 7.85. The maximum atomic E-state index is 11.7. The predicted molar refractivity (Wildman–Crippen MR) is 112 cm³/mol. The first kappa shape index (κ1) is 19.7. The highest BCUT2D eigenvalue weighted by atomic mass is 16.5. The molecule has 0 saturated heterocycles. The van der Waals surface area contributed by atoms with E-state index < -0.39 is 0 Å². The van der Waals surface area contributed by atoms with Crippen molar-refractivity contribution in [3.63, 3.8) is 0 Å². The largest absolute Gasteiger partial charge is 0.427 e. The first-order valence-electron chi connectivity index (χ1n) is 10.6. The summed E-state index contributed by atoms with van der Waals surface area (Å²) in [6, 6.07) is 16.9. The van der Waals surface area contributed by atoms with Gasteiger partial charge in [0.05, 0.1) is 0 Å². The summed E-state index contributed by atoms with van der Waals surface area (Å²) < 4.78 is 5.38. The average Bonchev–Trinajstić information content (AvgIpc) is 2.73. The van der Waals surface area contributed by atoms with Gasteiger partial charge in [-0.3, -0.25) is 4.79 Å². The Morgan fingerprint density at radius 2 is 1.48 bits per heavy atom. The van der Waals surface area contributed by atoms with Crippen molar-refractivity contribution in [2.75, 3.05) is 0 Å². The van der Waals surface area contributed by atoms with Gasteiger partial charge in [-0.1, -0.05) is 63.1 Å². The van der Waals surface area contributed by atoms with E-state index in [2.05, 4.69) is 38.1 Å². The van der Waals surface area contributed by atoms with Crippen molar-refractivity contribution in [1.29, 1.82) is 0 Å². The third-order valence-electron chi connectivity index (χ3n) is 5.96. The topological polar surface area (TPSA) is 26.3 Å². The van der Waals surface area contributed by atoms with Crippen molar-refractivity contribution in [1.82, 2.24) is 0 Å². The summed E-state index contributed by atoms with van der Waals surface area (Å²) in [6.07, 6.45) is 9.11. The van der Waals surface area contributed by atoms with Crippen LogP contribution in [0.3, 0.4) is 0 Å². The third kappa shape index (κ3) is 5.45. The lowest BCUT2D eigenvalue weighted by Crippen LogP contribution is -2.12. The fourth-order valence-corrected chi connectivity index (χ4v) is 4.07. The molecule has 0 radical (unpaired) electrons. The van der Waals surface area contributed by atoms with Gasteiger partial charge in [0.2, 0.25) is 0 Å². The zero-order chi connectivity index (χ0) is 19.1. The van der Waals surface area contributed by atoms with E-state index in [0.717, 1.165) is 30.2 Å². The Morgan fingerprint density at radius 1 is 0.889 bits per heavy atom. The average molecular weight is 365 g/mol. The van der Waals surface area contributed by atoms with Crippen LogP contribution in [0.4, 0.5) is 0 Å². The predicted octanol–water partition coefficient (Wildman–Crippen LogP) is 7.13. The second kappa shape index (κ2) is 9.73. The zero-order valence-corrected chi connectivity index (χ0v) is 16.7. The lowest BCUT2D eigenvalue weighted by Gasteiger charge is -2.28. The van der Waals surface area contributed by atoms with Crippen LogP contribution in [0.2, 0.25) is 0 Å². The van der Waals surface area contributed by atoms with E-state index >= 15 is 0 Å². The summed E-state index contributed by atoms with van der Waals surface area (Å²) in [4.78, 5) is 11.7. The summed E-state index contributed by atoms with van der Waals surface area (Å²) in [5, 5.41) is 0. The van der Waals surface area contributed by atoms with Crippen molar-refractivity contribution in [3.05, 3.63) is 54.1 Å². The molecule has 3 rings (SSSR count). The molecule has 0 amide bonds. The van der Waals surface area contributed by atoms with Crippen LogP contribution in [-0.4, -0.2) is 5.97 Å². The number of rotatable bonds is 7. The van der Waals surface area contributed by atoms with Gasteiger partial charge in [0.15, 0.2) is 0 Å². The number of carbonyl (C=O) groups excluding carboxylic acids is 1. The number of esters is 1. The lowest BCUT2D eigenvalue weighted by atomic mass is 9.77. The van der Waals surface area contributed by atoms with Crippen molar-refractivity contribution >= 4 is 5.97 Å². The van der Waals surface area contributed by atoms with Crippen molar-refractivity contribution < 1.29 is 9.53 Å². The molecular weight excluding hydrogens is 332 g/mol. The van der Waals surface area contributed by atoms with E-state index in [1.165, 1.54) is 43.2 Å². The van der Waals surface area contributed by atoms with E-state index in [0.29, 0.717) is 12.2 Å². The van der Waals surface area contributed by atoms with Crippen LogP contribution in [0.5, 0.6) is 5.75 Å². The summed E-state index contributed by atoms with van der Waals surface area (Å²) in [6.45, 7) is 4.39. The van der Waals surface area contributed by atoms with Crippen LogP contribution >= 0.6 is 0 Å². The van der Waals surface area contributed by atoms with E-state index in [4.69, 9.17) is 4.74 Å².